The lowest BCUT2D eigenvalue weighted by Crippen LogP contribution is -2.35. The summed E-state index contributed by atoms with van der Waals surface area (Å²) < 4.78 is 1.39. The number of carbonyl (C=O) groups excluding carboxylic acids is 2. The van der Waals surface area contributed by atoms with Crippen LogP contribution in [0, 0.1) is 0 Å². The van der Waals surface area contributed by atoms with Crippen LogP contribution in [0.4, 0.5) is 5.69 Å². The molecule has 4 N–H and O–H groups in total. The molecule has 1 saturated heterocycles. The lowest BCUT2D eigenvalue weighted by Gasteiger charge is -2.08. The topological polar surface area (TPSA) is 102 Å². The molecule has 2 rings (SSSR count). The van der Waals surface area contributed by atoms with Crippen molar-refractivity contribution in [3.05, 3.63) is 12.4 Å². The predicted molar refractivity (Wildman–Crippen MR) is 61.1 cm³/mol. The molecule has 0 aromatic carbocycles. The number of hydrogen-bond acceptors (Lipinski definition) is 4. The van der Waals surface area contributed by atoms with Gasteiger partial charge in [0, 0.05) is 6.20 Å². The van der Waals surface area contributed by atoms with Crippen LogP contribution in [-0.4, -0.2) is 34.2 Å². The molecule has 2 amide bonds. The summed E-state index contributed by atoms with van der Waals surface area (Å²) in [5.74, 6) is -0.537. The highest BCUT2D eigenvalue weighted by Gasteiger charge is 2.22. The van der Waals surface area contributed by atoms with E-state index in [2.05, 4.69) is 15.7 Å². The minimum absolute atomic E-state index is 0.0115. The zero-order chi connectivity index (χ0) is 12.3. The minimum Gasteiger partial charge on any atom is -0.368 e. The molecule has 7 heteroatoms. The first kappa shape index (κ1) is 11.6. The maximum absolute atomic E-state index is 11.7. The summed E-state index contributed by atoms with van der Waals surface area (Å²) in [6.45, 7) is 0.885. The van der Waals surface area contributed by atoms with E-state index in [0.717, 1.165) is 19.4 Å². The molecule has 0 radical (unpaired) electrons. The van der Waals surface area contributed by atoms with Crippen molar-refractivity contribution in [1.29, 1.82) is 0 Å². The van der Waals surface area contributed by atoms with E-state index in [-0.39, 0.29) is 18.5 Å². The summed E-state index contributed by atoms with van der Waals surface area (Å²) >= 11 is 0. The van der Waals surface area contributed by atoms with E-state index >= 15 is 0 Å². The van der Waals surface area contributed by atoms with Gasteiger partial charge in [0.15, 0.2) is 0 Å². The largest absolute Gasteiger partial charge is 0.368 e. The molecule has 0 saturated carbocycles. The summed E-state index contributed by atoms with van der Waals surface area (Å²) in [6.07, 6.45) is 4.94. The maximum atomic E-state index is 11.7. The van der Waals surface area contributed by atoms with E-state index in [1.807, 2.05) is 0 Å². The van der Waals surface area contributed by atoms with Gasteiger partial charge in [-0.15, -0.1) is 0 Å². The summed E-state index contributed by atoms with van der Waals surface area (Å²) in [5.41, 5.74) is 5.61. The molecule has 1 aliphatic heterocycles. The monoisotopic (exact) mass is 237 g/mol. The van der Waals surface area contributed by atoms with Crippen LogP contribution in [0.1, 0.15) is 12.8 Å². The van der Waals surface area contributed by atoms with Gasteiger partial charge in [-0.2, -0.15) is 5.10 Å². The quantitative estimate of drug-likeness (QED) is 0.629. The van der Waals surface area contributed by atoms with Crippen molar-refractivity contribution < 1.29 is 9.59 Å². The van der Waals surface area contributed by atoms with Crippen molar-refractivity contribution in [3.63, 3.8) is 0 Å². The molecular formula is C10H15N5O2. The van der Waals surface area contributed by atoms with Crippen molar-refractivity contribution >= 4 is 17.5 Å². The highest BCUT2D eigenvalue weighted by atomic mass is 16.2. The van der Waals surface area contributed by atoms with Gasteiger partial charge < -0.3 is 16.4 Å². The number of aromatic nitrogens is 2. The van der Waals surface area contributed by atoms with Crippen molar-refractivity contribution in [2.24, 2.45) is 5.73 Å². The lowest BCUT2D eigenvalue weighted by molar-refractivity contribution is -0.119. The second kappa shape index (κ2) is 4.96. The number of rotatable bonds is 4. The average molecular weight is 237 g/mol. The average Bonchev–Trinajstić information content (AvgIpc) is 2.87. The summed E-state index contributed by atoms with van der Waals surface area (Å²) in [5, 5.41) is 9.76. The first-order valence-electron chi connectivity index (χ1n) is 5.50. The van der Waals surface area contributed by atoms with Gasteiger partial charge in [0.1, 0.15) is 6.54 Å². The van der Waals surface area contributed by atoms with Crippen LogP contribution in [0.25, 0.3) is 0 Å². The lowest BCUT2D eigenvalue weighted by atomic mass is 10.2. The Bertz CT molecular complexity index is 422. The van der Waals surface area contributed by atoms with Gasteiger partial charge in [-0.1, -0.05) is 0 Å². The highest BCUT2D eigenvalue weighted by Crippen LogP contribution is 2.10. The zero-order valence-electron chi connectivity index (χ0n) is 9.35. The van der Waals surface area contributed by atoms with Gasteiger partial charge in [-0.25, -0.2) is 0 Å². The molecule has 1 unspecified atom stereocenters. The van der Waals surface area contributed by atoms with Gasteiger partial charge >= 0.3 is 0 Å². The highest BCUT2D eigenvalue weighted by molar-refractivity contribution is 5.94. The Morgan fingerprint density at radius 2 is 2.47 bits per heavy atom. The van der Waals surface area contributed by atoms with E-state index in [1.54, 1.807) is 6.20 Å². The third-order valence-electron chi connectivity index (χ3n) is 2.60. The summed E-state index contributed by atoms with van der Waals surface area (Å²) in [4.78, 5) is 22.4. The van der Waals surface area contributed by atoms with E-state index in [9.17, 15) is 9.59 Å². The number of anilines is 1. The fraction of sp³-hybridized carbons (Fsp3) is 0.500. The molecule has 0 bridgehead atoms. The SMILES string of the molecule is NC(=O)Cn1cc(NC(=O)C2CCCN2)cn1. The predicted octanol–water partition coefficient (Wildman–Crippen LogP) is -0.941. The van der Waals surface area contributed by atoms with Gasteiger partial charge in [0.2, 0.25) is 11.8 Å². The van der Waals surface area contributed by atoms with Crippen molar-refractivity contribution in [2.45, 2.75) is 25.4 Å². The third-order valence-corrected chi connectivity index (χ3v) is 2.60. The van der Waals surface area contributed by atoms with Gasteiger partial charge in [-0.05, 0) is 19.4 Å². The zero-order valence-corrected chi connectivity index (χ0v) is 9.35. The molecular weight excluding hydrogens is 222 g/mol. The molecule has 17 heavy (non-hydrogen) atoms. The van der Waals surface area contributed by atoms with Crippen LogP contribution in [0.15, 0.2) is 12.4 Å². The van der Waals surface area contributed by atoms with Crippen LogP contribution in [0.2, 0.25) is 0 Å². The first-order chi connectivity index (χ1) is 8.15. The van der Waals surface area contributed by atoms with Crippen molar-refractivity contribution in [2.75, 3.05) is 11.9 Å². The number of carbonyl (C=O) groups is 2. The van der Waals surface area contributed by atoms with Crippen LogP contribution in [0.3, 0.4) is 0 Å². The van der Waals surface area contributed by atoms with E-state index in [4.69, 9.17) is 5.73 Å². The van der Waals surface area contributed by atoms with Gasteiger partial charge in [-0.3, -0.25) is 14.3 Å². The van der Waals surface area contributed by atoms with Crippen molar-refractivity contribution in [1.82, 2.24) is 15.1 Å². The van der Waals surface area contributed by atoms with Crippen LogP contribution >= 0.6 is 0 Å². The van der Waals surface area contributed by atoms with Gasteiger partial charge in [0.25, 0.3) is 0 Å². The molecule has 7 nitrogen and oxygen atoms in total. The normalized spacial score (nSPS) is 19.2. The fourth-order valence-electron chi connectivity index (χ4n) is 1.81. The minimum atomic E-state index is -0.469. The number of amides is 2. The molecule has 1 aliphatic rings. The Morgan fingerprint density at radius 1 is 1.65 bits per heavy atom. The summed E-state index contributed by atoms with van der Waals surface area (Å²) in [6, 6.07) is -0.130. The van der Waals surface area contributed by atoms with E-state index < -0.39 is 5.91 Å². The molecule has 1 fully saturated rings. The van der Waals surface area contributed by atoms with Crippen LogP contribution < -0.4 is 16.4 Å². The Labute approximate surface area is 98.4 Å². The maximum Gasteiger partial charge on any atom is 0.241 e. The molecule has 1 aromatic heterocycles. The molecule has 0 aliphatic carbocycles. The molecule has 2 heterocycles. The molecule has 1 atom stereocenters. The van der Waals surface area contributed by atoms with E-state index in [0.29, 0.717) is 5.69 Å². The Balaban J connectivity index is 1.91. The molecule has 92 valence electrons. The number of nitrogens with zero attached hydrogens (tertiary/aromatic N) is 2. The molecule has 1 aromatic rings. The second-order valence-corrected chi connectivity index (χ2v) is 4.03. The van der Waals surface area contributed by atoms with Crippen LogP contribution in [0.5, 0.6) is 0 Å². The van der Waals surface area contributed by atoms with Crippen molar-refractivity contribution in [3.8, 4) is 0 Å². The Morgan fingerprint density at radius 3 is 3.12 bits per heavy atom. The number of nitrogens with two attached hydrogens (primary N) is 1. The first-order valence-corrected chi connectivity index (χ1v) is 5.50. The van der Waals surface area contributed by atoms with E-state index in [1.165, 1.54) is 10.9 Å². The smallest absolute Gasteiger partial charge is 0.241 e. The van der Waals surface area contributed by atoms with Crippen LogP contribution in [-0.2, 0) is 16.1 Å². The number of hydrogen-bond donors (Lipinski definition) is 3. The number of primary amides is 1. The molecule has 0 spiro atoms. The Kier molecular flexibility index (Phi) is 3.38. The third kappa shape index (κ3) is 3.04. The fourth-order valence-corrected chi connectivity index (χ4v) is 1.81. The van der Waals surface area contributed by atoms with Gasteiger partial charge in [0.05, 0.1) is 17.9 Å². The summed E-state index contributed by atoms with van der Waals surface area (Å²) in [7, 11) is 0. The standard InChI is InChI=1S/C10H15N5O2/c11-9(16)6-15-5-7(4-13-15)14-10(17)8-2-1-3-12-8/h4-5,8,12H,1-3,6H2,(H2,11,16)(H,14,17). The Hall–Kier alpha value is -1.89. The number of nitrogens with one attached hydrogen (secondary N) is 2. The second-order valence-electron chi connectivity index (χ2n) is 4.03.